The van der Waals surface area contributed by atoms with Gasteiger partial charge < -0.3 is 16.4 Å². The third-order valence-electron chi connectivity index (χ3n) is 2.87. The van der Waals surface area contributed by atoms with E-state index in [0.717, 1.165) is 6.07 Å². The van der Waals surface area contributed by atoms with Crippen LogP contribution in [0, 0.1) is 5.92 Å². The summed E-state index contributed by atoms with van der Waals surface area (Å²) in [6.45, 7) is 3.77. The fourth-order valence-electron chi connectivity index (χ4n) is 2.09. The van der Waals surface area contributed by atoms with Gasteiger partial charge in [-0.25, -0.2) is 0 Å². The second-order valence-corrected chi connectivity index (χ2v) is 5.29. The summed E-state index contributed by atoms with van der Waals surface area (Å²) in [5.41, 5.74) is 10.1. The Balaban J connectivity index is 3.31. The molecule has 0 heterocycles. The Morgan fingerprint density at radius 3 is 2.38 bits per heavy atom. The number of nitrogens with two attached hydrogens (primary N) is 2. The van der Waals surface area contributed by atoms with Crippen molar-refractivity contribution in [3.63, 3.8) is 0 Å². The predicted octanol–water partition coefficient (Wildman–Crippen LogP) is 2.11. The minimum absolute atomic E-state index is 0.0172. The van der Waals surface area contributed by atoms with Crippen molar-refractivity contribution >= 4 is 11.6 Å². The fourth-order valence-corrected chi connectivity index (χ4v) is 2.09. The maximum absolute atomic E-state index is 13.2. The second kappa shape index (κ2) is 6.80. The number of primary amides is 1. The van der Waals surface area contributed by atoms with Gasteiger partial charge in [-0.2, -0.15) is 13.2 Å². The Morgan fingerprint density at radius 1 is 1.33 bits per heavy atom. The lowest BCUT2D eigenvalue weighted by Crippen LogP contribution is -2.37. The van der Waals surface area contributed by atoms with Gasteiger partial charge in [-0.05, 0) is 23.6 Å². The van der Waals surface area contributed by atoms with Crippen LogP contribution in [0.15, 0.2) is 18.2 Å². The number of nitrogens with zero attached hydrogens (tertiary/aromatic N) is 1. The van der Waals surface area contributed by atoms with Crippen LogP contribution in [0.3, 0.4) is 0 Å². The van der Waals surface area contributed by atoms with Crippen LogP contribution in [0.1, 0.15) is 25.0 Å². The highest BCUT2D eigenvalue weighted by Gasteiger charge is 2.35. The molecule has 0 fully saturated rings. The molecule has 0 atom stereocenters. The highest BCUT2D eigenvalue weighted by atomic mass is 19.4. The van der Waals surface area contributed by atoms with Crippen molar-refractivity contribution in [1.82, 2.24) is 0 Å². The Bertz CT molecular complexity index is 501. The minimum Gasteiger partial charge on any atom is -0.368 e. The number of halogens is 3. The first-order chi connectivity index (χ1) is 9.65. The summed E-state index contributed by atoms with van der Waals surface area (Å²) in [7, 11) is 0. The first-order valence-corrected chi connectivity index (χ1v) is 6.58. The molecule has 0 radical (unpaired) electrons. The lowest BCUT2D eigenvalue weighted by Gasteiger charge is -2.28. The molecule has 118 valence electrons. The summed E-state index contributed by atoms with van der Waals surface area (Å²) in [5.74, 6) is -0.591. The van der Waals surface area contributed by atoms with Gasteiger partial charge in [0.05, 0.1) is 12.1 Å². The molecule has 1 aromatic carbocycles. The Hall–Kier alpha value is -1.76. The molecule has 21 heavy (non-hydrogen) atoms. The Kier molecular flexibility index (Phi) is 5.60. The van der Waals surface area contributed by atoms with E-state index in [2.05, 4.69) is 0 Å². The highest BCUT2D eigenvalue weighted by Crippen LogP contribution is 2.37. The van der Waals surface area contributed by atoms with Crippen LogP contribution in [0.5, 0.6) is 0 Å². The highest BCUT2D eigenvalue weighted by molar-refractivity contribution is 5.80. The quantitative estimate of drug-likeness (QED) is 0.845. The molecule has 0 bridgehead atoms. The van der Waals surface area contributed by atoms with Crippen molar-refractivity contribution in [2.45, 2.75) is 26.6 Å². The first kappa shape index (κ1) is 17.3. The zero-order valence-corrected chi connectivity index (χ0v) is 12.1. The molecular weight excluding hydrogens is 283 g/mol. The number of alkyl halides is 3. The van der Waals surface area contributed by atoms with Crippen LogP contribution >= 0.6 is 0 Å². The van der Waals surface area contributed by atoms with E-state index in [4.69, 9.17) is 11.5 Å². The topological polar surface area (TPSA) is 72.3 Å². The van der Waals surface area contributed by atoms with Crippen LogP contribution in [-0.4, -0.2) is 19.0 Å². The van der Waals surface area contributed by atoms with Gasteiger partial charge in [0.2, 0.25) is 5.91 Å². The van der Waals surface area contributed by atoms with Gasteiger partial charge in [-0.1, -0.05) is 19.9 Å². The molecule has 0 spiro atoms. The summed E-state index contributed by atoms with van der Waals surface area (Å²) in [6, 6.07) is 3.89. The molecule has 0 aromatic heterocycles. The molecule has 0 aliphatic rings. The molecule has 1 aromatic rings. The molecule has 0 saturated heterocycles. The van der Waals surface area contributed by atoms with Crippen molar-refractivity contribution in [2.75, 3.05) is 18.0 Å². The smallest absolute Gasteiger partial charge is 0.368 e. The van der Waals surface area contributed by atoms with Gasteiger partial charge >= 0.3 is 6.18 Å². The van der Waals surface area contributed by atoms with Gasteiger partial charge in [0.15, 0.2) is 0 Å². The molecule has 0 aliphatic heterocycles. The molecule has 0 aliphatic carbocycles. The molecule has 1 amide bonds. The second-order valence-electron chi connectivity index (χ2n) is 5.29. The van der Waals surface area contributed by atoms with E-state index in [9.17, 15) is 18.0 Å². The van der Waals surface area contributed by atoms with Gasteiger partial charge in [0.25, 0.3) is 0 Å². The molecule has 0 saturated carbocycles. The molecule has 0 unspecified atom stereocenters. The summed E-state index contributed by atoms with van der Waals surface area (Å²) < 4.78 is 39.6. The summed E-state index contributed by atoms with van der Waals surface area (Å²) in [6.07, 6.45) is -4.52. The number of rotatable bonds is 6. The van der Waals surface area contributed by atoms with Crippen LogP contribution in [-0.2, 0) is 17.5 Å². The summed E-state index contributed by atoms with van der Waals surface area (Å²) in [4.78, 5) is 12.5. The SMILES string of the molecule is CC(C)CN(CC(N)=O)c1ccc(CN)cc1C(F)(F)F. The number of hydrogen-bond donors (Lipinski definition) is 2. The zero-order chi connectivity index (χ0) is 16.2. The average Bonchev–Trinajstić information content (AvgIpc) is 2.35. The number of hydrogen-bond acceptors (Lipinski definition) is 3. The van der Waals surface area contributed by atoms with E-state index in [1.807, 2.05) is 13.8 Å². The molecule has 1 rings (SSSR count). The molecule has 4 N–H and O–H groups in total. The number of amides is 1. The summed E-state index contributed by atoms with van der Waals surface area (Å²) in [5, 5.41) is 0. The van der Waals surface area contributed by atoms with Gasteiger partial charge in [-0.15, -0.1) is 0 Å². The number of anilines is 1. The summed E-state index contributed by atoms with van der Waals surface area (Å²) >= 11 is 0. The standard InChI is InChI=1S/C14H20F3N3O/c1-9(2)7-20(8-13(19)21)12-4-3-10(6-18)5-11(12)14(15,16)17/h3-5,9H,6-8,18H2,1-2H3,(H2,19,21). The van der Waals surface area contributed by atoms with E-state index in [1.165, 1.54) is 17.0 Å². The lowest BCUT2D eigenvalue weighted by molar-refractivity contribution is -0.137. The van der Waals surface area contributed by atoms with Gasteiger partial charge in [0.1, 0.15) is 0 Å². The van der Waals surface area contributed by atoms with Crippen molar-refractivity contribution in [3.05, 3.63) is 29.3 Å². The number of carbonyl (C=O) groups excluding carboxylic acids is 1. The van der Waals surface area contributed by atoms with Crippen LogP contribution < -0.4 is 16.4 Å². The fraction of sp³-hybridized carbons (Fsp3) is 0.500. The molecular formula is C14H20F3N3O. The largest absolute Gasteiger partial charge is 0.418 e. The van der Waals surface area contributed by atoms with E-state index in [1.54, 1.807) is 0 Å². The van der Waals surface area contributed by atoms with E-state index >= 15 is 0 Å². The number of carbonyl (C=O) groups is 1. The maximum atomic E-state index is 13.2. The minimum atomic E-state index is -4.52. The third kappa shape index (κ3) is 4.93. The monoisotopic (exact) mass is 303 g/mol. The van der Waals surface area contributed by atoms with Crippen molar-refractivity contribution < 1.29 is 18.0 Å². The number of benzene rings is 1. The van der Waals surface area contributed by atoms with Crippen LogP contribution in [0.4, 0.5) is 18.9 Å². The maximum Gasteiger partial charge on any atom is 0.418 e. The van der Waals surface area contributed by atoms with Crippen LogP contribution in [0.25, 0.3) is 0 Å². The van der Waals surface area contributed by atoms with E-state index in [-0.39, 0.29) is 24.7 Å². The van der Waals surface area contributed by atoms with Gasteiger partial charge in [0, 0.05) is 18.8 Å². The predicted molar refractivity (Wildman–Crippen MR) is 75.6 cm³/mol. The Morgan fingerprint density at radius 2 is 1.95 bits per heavy atom. The Labute approximate surface area is 121 Å². The normalized spacial score (nSPS) is 11.8. The van der Waals surface area contributed by atoms with Gasteiger partial charge in [-0.3, -0.25) is 4.79 Å². The van der Waals surface area contributed by atoms with E-state index < -0.39 is 17.6 Å². The average molecular weight is 303 g/mol. The lowest BCUT2D eigenvalue weighted by atomic mass is 10.1. The third-order valence-corrected chi connectivity index (χ3v) is 2.87. The van der Waals surface area contributed by atoms with Crippen molar-refractivity contribution in [2.24, 2.45) is 17.4 Å². The first-order valence-electron chi connectivity index (χ1n) is 6.58. The zero-order valence-electron chi connectivity index (χ0n) is 12.1. The van der Waals surface area contributed by atoms with Crippen molar-refractivity contribution in [1.29, 1.82) is 0 Å². The van der Waals surface area contributed by atoms with Crippen LogP contribution in [0.2, 0.25) is 0 Å². The van der Waals surface area contributed by atoms with Crippen molar-refractivity contribution in [3.8, 4) is 0 Å². The molecule has 7 heteroatoms. The molecule has 4 nitrogen and oxygen atoms in total. The van der Waals surface area contributed by atoms with E-state index in [0.29, 0.717) is 12.1 Å².